The van der Waals surface area contributed by atoms with E-state index in [4.69, 9.17) is 0 Å². The number of carbonyl (C=O) groups excluding carboxylic acids is 1. The highest BCUT2D eigenvalue weighted by Crippen LogP contribution is 2.21. The summed E-state index contributed by atoms with van der Waals surface area (Å²) in [6.07, 6.45) is 4.62. The Hall–Kier alpha value is -1.10. The van der Waals surface area contributed by atoms with Gasteiger partial charge in [0, 0.05) is 30.3 Å². The van der Waals surface area contributed by atoms with E-state index in [-0.39, 0.29) is 11.9 Å². The van der Waals surface area contributed by atoms with Crippen LogP contribution in [0.25, 0.3) is 0 Å². The van der Waals surface area contributed by atoms with Crippen molar-refractivity contribution in [3.63, 3.8) is 0 Å². The Morgan fingerprint density at radius 2 is 2.05 bits per heavy atom. The Kier molecular flexibility index (Phi) is 6.99. The molecular formula is C15H24BrN3O. The maximum atomic E-state index is 12.7. The van der Waals surface area contributed by atoms with Crippen LogP contribution in [0.15, 0.2) is 16.7 Å². The van der Waals surface area contributed by atoms with Crippen LogP contribution < -0.4 is 5.32 Å². The molecule has 0 radical (unpaired) electrons. The molecule has 20 heavy (non-hydrogen) atoms. The molecule has 0 unspecified atom stereocenters. The van der Waals surface area contributed by atoms with Gasteiger partial charge < -0.3 is 10.2 Å². The van der Waals surface area contributed by atoms with Gasteiger partial charge in [-0.3, -0.25) is 4.79 Å². The van der Waals surface area contributed by atoms with Crippen LogP contribution in [0, 0.1) is 0 Å². The number of aromatic nitrogens is 1. The summed E-state index contributed by atoms with van der Waals surface area (Å²) in [5.41, 5.74) is 0.627. The molecular weight excluding hydrogens is 318 g/mol. The van der Waals surface area contributed by atoms with Gasteiger partial charge in [-0.05, 0) is 41.3 Å². The minimum Gasteiger partial charge on any atom is -0.369 e. The van der Waals surface area contributed by atoms with E-state index in [1.807, 2.05) is 18.0 Å². The zero-order chi connectivity index (χ0) is 15.1. The van der Waals surface area contributed by atoms with Crippen molar-refractivity contribution in [2.24, 2.45) is 0 Å². The third kappa shape index (κ3) is 4.20. The zero-order valence-electron chi connectivity index (χ0n) is 12.7. The summed E-state index contributed by atoms with van der Waals surface area (Å²) in [7, 11) is 1.87. The number of hydrogen-bond acceptors (Lipinski definition) is 3. The minimum absolute atomic E-state index is 0.0195. The van der Waals surface area contributed by atoms with Gasteiger partial charge in [0.25, 0.3) is 5.91 Å². The molecule has 1 aromatic rings. The molecule has 1 N–H and O–H groups in total. The number of amides is 1. The van der Waals surface area contributed by atoms with Crippen LogP contribution >= 0.6 is 15.9 Å². The maximum absolute atomic E-state index is 12.7. The van der Waals surface area contributed by atoms with Crippen molar-refractivity contribution < 1.29 is 4.79 Å². The third-order valence-corrected chi connectivity index (χ3v) is 3.87. The van der Waals surface area contributed by atoms with Gasteiger partial charge in [0.05, 0.1) is 5.56 Å². The van der Waals surface area contributed by atoms with Crippen molar-refractivity contribution in [1.82, 2.24) is 9.88 Å². The van der Waals surface area contributed by atoms with Crippen LogP contribution in [0.1, 0.15) is 50.4 Å². The number of anilines is 1. The number of nitrogens with zero attached hydrogens (tertiary/aromatic N) is 2. The highest BCUT2D eigenvalue weighted by Gasteiger charge is 2.21. The van der Waals surface area contributed by atoms with E-state index in [9.17, 15) is 4.79 Å². The second-order valence-electron chi connectivity index (χ2n) is 4.86. The summed E-state index contributed by atoms with van der Waals surface area (Å²) in [5.74, 6) is 0.684. The Bertz CT molecular complexity index is 447. The molecule has 1 amide bonds. The molecule has 0 aliphatic heterocycles. The lowest BCUT2D eigenvalue weighted by Gasteiger charge is -2.27. The summed E-state index contributed by atoms with van der Waals surface area (Å²) in [6, 6.07) is 2.10. The Morgan fingerprint density at radius 3 is 2.60 bits per heavy atom. The van der Waals surface area contributed by atoms with Gasteiger partial charge in [-0.1, -0.05) is 20.8 Å². The normalized spacial score (nSPS) is 10.7. The first-order valence-electron chi connectivity index (χ1n) is 7.21. The fourth-order valence-electron chi connectivity index (χ4n) is 2.18. The van der Waals surface area contributed by atoms with Crippen LogP contribution in [0.3, 0.4) is 0 Å². The molecule has 0 fully saturated rings. The van der Waals surface area contributed by atoms with Gasteiger partial charge in [-0.15, -0.1) is 0 Å². The lowest BCUT2D eigenvalue weighted by molar-refractivity contribution is 0.0724. The standard InChI is InChI=1S/C15H24BrN3O/c1-5-8-17-14-13(9-11(16)10-18-14)15(20)19(4)12(6-2)7-3/h9-10,12H,5-8H2,1-4H3,(H,17,18). The van der Waals surface area contributed by atoms with Gasteiger partial charge in [0.1, 0.15) is 5.82 Å². The molecule has 0 aliphatic carbocycles. The number of nitrogens with one attached hydrogen (secondary N) is 1. The molecule has 112 valence electrons. The second-order valence-corrected chi connectivity index (χ2v) is 5.78. The fourth-order valence-corrected chi connectivity index (χ4v) is 2.51. The van der Waals surface area contributed by atoms with E-state index in [1.54, 1.807) is 6.20 Å². The number of carbonyl (C=O) groups is 1. The Balaban J connectivity index is 3.03. The van der Waals surface area contributed by atoms with Crippen molar-refractivity contribution in [2.45, 2.75) is 46.1 Å². The van der Waals surface area contributed by atoms with Crippen molar-refractivity contribution in [3.8, 4) is 0 Å². The number of halogens is 1. The van der Waals surface area contributed by atoms with Crippen molar-refractivity contribution in [3.05, 3.63) is 22.3 Å². The molecule has 0 aromatic carbocycles. The monoisotopic (exact) mass is 341 g/mol. The minimum atomic E-state index is 0.0195. The molecule has 1 heterocycles. The van der Waals surface area contributed by atoms with Gasteiger partial charge in [-0.2, -0.15) is 0 Å². The number of rotatable bonds is 7. The molecule has 0 saturated heterocycles. The molecule has 5 heteroatoms. The largest absolute Gasteiger partial charge is 0.369 e. The second kappa shape index (κ2) is 8.25. The van der Waals surface area contributed by atoms with Gasteiger partial charge in [-0.25, -0.2) is 4.98 Å². The quantitative estimate of drug-likeness (QED) is 0.817. The summed E-state index contributed by atoms with van der Waals surface area (Å²) in [5, 5.41) is 3.22. The summed E-state index contributed by atoms with van der Waals surface area (Å²) >= 11 is 3.39. The predicted molar refractivity (Wildman–Crippen MR) is 87.2 cm³/mol. The van der Waals surface area contributed by atoms with Crippen molar-refractivity contribution in [1.29, 1.82) is 0 Å². The van der Waals surface area contributed by atoms with E-state index < -0.39 is 0 Å². The summed E-state index contributed by atoms with van der Waals surface area (Å²) in [4.78, 5) is 18.8. The zero-order valence-corrected chi connectivity index (χ0v) is 14.3. The molecule has 0 atom stereocenters. The van der Waals surface area contributed by atoms with Crippen LogP contribution in [0.4, 0.5) is 5.82 Å². The van der Waals surface area contributed by atoms with Crippen LogP contribution in [0.5, 0.6) is 0 Å². The summed E-state index contributed by atoms with van der Waals surface area (Å²) < 4.78 is 0.820. The fraction of sp³-hybridized carbons (Fsp3) is 0.600. The smallest absolute Gasteiger partial charge is 0.257 e. The Labute approximate surface area is 130 Å². The Morgan fingerprint density at radius 1 is 1.40 bits per heavy atom. The lowest BCUT2D eigenvalue weighted by atomic mass is 10.1. The van der Waals surface area contributed by atoms with E-state index in [0.29, 0.717) is 11.4 Å². The van der Waals surface area contributed by atoms with Gasteiger partial charge in [0.15, 0.2) is 0 Å². The van der Waals surface area contributed by atoms with Crippen LogP contribution in [-0.2, 0) is 0 Å². The predicted octanol–water partition coefficient (Wildman–Crippen LogP) is 3.93. The SMILES string of the molecule is CCCNc1ncc(Br)cc1C(=O)N(C)C(CC)CC. The number of pyridine rings is 1. The third-order valence-electron chi connectivity index (χ3n) is 3.44. The first-order valence-corrected chi connectivity index (χ1v) is 8.00. The molecule has 0 bridgehead atoms. The average molecular weight is 342 g/mol. The average Bonchev–Trinajstić information content (AvgIpc) is 2.46. The number of hydrogen-bond donors (Lipinski definition) is 1. The molecule has 0 saturated carbocycles. The summed E-state index contributed by atoms with van der Waals surface area (Å²) in [6.45, 7) is 7.11. The topological polar surface area (TPSA) is 45.2 Å². The van der Waals surface area contributed by atoms with E-state index in [1.165, 1.54) is 0 Å². The highest BCUT2D eigenvalue weighted by atomic mass is 79.9. The van der Waals surface area contributed by atoms with E-state index >= 15 is 0 Å². The first-order chi connectivity index (χ1) is 9.54. The van der Waals surface area contributed by atoms with Crippen molar-refractivity contribution >= 4 is 27.7 Å². The molecule has 4 nitrogen and oxygen atoms in total. The van der Waals surface area contributed by atoms with Gasteiger partial charge in [0.2, 0.25) is 0 Å². The first kappa shape index (κ1) is 17.0. The van der Waals surface area contributed by atoms with Crippen LogP contribution in [-0.4, -0.2) is 35.4 Å². The lowest BCUT2D eigenvalue weighted by Crippen LogP contribution is -2.36. The maximum Gasteiger partial charge on any atom is 0.257 e. The molecule has 1 aromatic heterocycles. The van der Waals surface area contributed by atoms with Crippen LogP contribution in [0.2, 0.25) is 0 Å². The molecule has 0 spiro atoms. The highest BCUT2D eigenvalue weighted by molar-refractivity contribution is 9.10. The van der Waals surface area contributed by atoms with Crippen molar-refractivity contribution in [2.75, 3.05) is 18.9 Å². The van der Waals surface area contributed by atoms with E-state index in [0.717, 1.165) is 30.3 Å². The van der Waals surface area contributed by atoms with Gasteiger partial charge >= 0.3 is 0 Å². The van der Waals surface area contributed by atoms with E-state index in [2.05, 4.69) is 47.0 Å². The molecule has 1 rings (SSSR count). The molecule has 0 aliphatic rings.